The first kappa shape index (κ1) is 19.3. The van der Waals surface area contributed by atoms with Gasteiger partial charge in [0.25, 0.3) is 0 Å². The van der Waals surface area contributed by atoms with Crippen LogP contribution in [0.3, 0.4) is 0 Å². The maximum Gasteiger partial charge on any atom is 0.161 e. The maximum absolute atomic E-state index is 5.59. The highest BCUT2D eigenvalue weighted by atomic mass is 35.5. The summed E-state index contributed by atoms with van der Waals surface area (Å²) in [7, 11) is 0. The van der Waals surface area contributed by atoms with E-state index in [1.165, 1.54) is 5.56 Å². The van der Waals surface area contributed by atoms with Gasteiger partial charge in [0, 0.05) is 32.7 Å². The molecule has 1 aromatic rings. The summed E-state index contributed by atoms with van der Waals surface area (Å²) >= 11 is 0. The van der Waals surface area contributed by atoms with Crippen LogP contribution in [0.25, 0.3) is 0 Å². The molecule has 22 heavy (non-hydrogen) atoms. The third-order valence-corrected chi connectivity index (χ3v) is 3.64. The minimum atomic E-state index is 0. The number of nitrogens with one attached hydrogen (secondary N) is 1. The van der Waals surface area contributed by atoms with Crippen LogP contribution < -0.4 is 14.8 Å². The highest BCUT2D eigenvalue weighted by molar-refractivity contribution is 5.85. The van der Waals surface area contributed by atoms with Crippen molar-refractivity contribution in [2.45, 2.75) is 6.54 Å². The van der Waals surface area contributed by atoms with Gasteiger partial charge in [-0.15, -0.1) is 24.8 Å². The highest BCUT2D eigenvalue weighted by Gasteiger charge is 2.12. The van der Waals surface area contributed by atoms with Crippen molar-refractivity contribution in [3.63, 3.8) is 0 Å². The summed E-state index contributed by atoms with van der Waals surface area (Å²) in [6.45, 7) is 8.04. The third kappa shape index (κ3) is 5.48. The van der Waals surface area contributed by atoms with Gasteiger partial charge in [-0.3, -0.25) is 4.90 Å². The average molecular weight is 351 g/mol. The SMILES string of the molecule is Cl.Cl.c1cc2c(cc1CNCCN1CCOCC1)OCCO2. The molecular formula is C15H24Cl2N2O3. The molecule has 0 saturated carbocycles. The van der Waals surface area contributed by atoms with Gasteiger partial charge in [-0.2, -0.15) is 0 Å². The smallest absolute Gasteiger partial charge is 0.161 e. The first-order valence-electron chi connectivity index (χ1n) is 7.31. The molecule has 0 amide bonds. The predicted molar refractivity (Wildman–Crippen MR) is 90.9 cm³/mol. The van der Waals surface area contributed by atoms with Crippen molar-refractivity contribution < 1.29 is 14.2 Å². The monoisotopic (exact) mass is 350 g/mol. The molecule has 0 aromatic heterocycles. The van der Waals surface area contributed by atoms with Crippen molar-refractivity contribution in [3.05, 3.63) is 23.8 Å². The molecule has 2 aliphatic heterocycles. The Labute approximate surface area is 144 Å². The fourth-order valence-corrected chi connectivity index (χ4v) is 2.49. The van der Waals surface area contributed by atoms with E-state index < -0.39 is 0 Å². The second-order valence-electron chi connectivity index (χ2n) is 5.11. The lowest BCUT2D eigenvalue weighted by Crippen LogP contribution is -2.40. The van der Waals surface area contributed by atoms with Gasteiger partial charge in [-0.1, -0.05) is 6.07 Å². The minimum Gasteiger partial charge on any atom is -0.486 e. The van der Waals surface area contributed by atoms with Gasteiger partial charge in [0.2, 0.25) is 0 Å². The zero-order chi connectivity index (χ0) is 13.6. The summed E-state index contributed by atoms with van der Waals surface area (Å²) in [5, 5.41) is 3.48. The number of hydrogen-bond acceptors (Lipinski definition) is 5. The highest BCUT2D eigenvalue weighted by Crippen LogP contribution is 2.30. The molecule has 1 fully saturated rings. The molecule has 2 heterocycles. The van der Waals surface area contributed by atoms with Crippen molar-refractivity contribution in [1.29, 1.82) is 0 Å². The molecule has 126 valence electrons. The molecule has 1 saturated heterocycles. The number of nitrogens with zero attached hydrogens (tertiary/aromatic N) is 1. The number of morpholine rings is 1. The number of ether oxygens (including phenoxy) is 3. The van der Waals surface area contributed by atoms with Crippen LogP contribution in [-0.4, -0.2) is 57.5 Å². The van der Waals surface area contributed by atoms with E-state index >= 15 is 0 Å². The van der Waals surface area contributed by atoms with E-state index in [1.54, 1.807) is 0 Å². The van der Waals surface area contributed by atoms with Crippen LogP contribution >= 0.6 is 24.8 Å². The Bertz CT molecular complexity index is 443. The molecule has 7 heteroatoms. The van der Waals surface area contributed by atoms with E-state index in [-0.39, 0.29) is 24.8 Å². The molecule has 0 atom stereocenters. The first-order valence-corrected chi connectivity index (χ1v) is 7.31. The topological polar surface area (TPSA) is 43.0 Å². The summed E-state index contributed by atoms with van der Waals surface area (Å²) in [5.74, 6) is 1.72. The molecule has 5 nitrogen and oxygen atoms in total. The fourth-order valence-electron chi connectivity index (χ4n) is 2.49. The number of fused-ring (bicyclic) bond motifs is 1. The van der Waals surface area contributed by atoms with E-state index in [9.17, 15) is 0 Å². The van der Waals surface area contributed by atoms with Crippen molar-refractivity contribution in [2.24, 2.45) is 0 Å². The number of halogens is 2. The van der Waals surface area contributed by atoms with Crippen LogP contribution in [-0.2, 0) is 11.3 Å². The Kier molecular flexibility index (Phi) is 8.90. The van der Waals surface area contributed by atoms with Crippen LogP contribution in [0.1, 0.15) is 5.56 Å². The molecular weight excluding hydrogens is 327 g/mol. The third-order valence-electron chi connectivity index (χ3n) is 3.64. The Morgan fingerprint density at radius 2 is 1.68 bits per heavy atom. The quantitative estimate of drug-likeness (QED) is 0.819. The van der Waals surface area contributed by atoms with Crippen LogP contribution in [0.2, 0.25) is 0 Å². The normalized spacial score (nSPS) is 17.3. The molecule has 1 N–H and O–H groups in total. The lowest BCUT2D eigenvalue weighted by Gasteiger charge is -2.26. The van der Waals surface area contributed by atoms with E-state index in [1.807, 2.05) is 6.07 Å². The Balaban J connectivity index is 0.00000121. The molecule has 1 aromatic carbocycles. The zero-order valence-corrected chi connectivity index (χ0v) is 14.2. The van der Waals surface area contributed by atoms with Gasteiger partial charge < -0.3 is 19.5 Å². The summed E-state index contributed by atoms with van der Waals surface area (Å²) in [4.78, 5) is 2.43. The number of benzene rings is 1. The van der Waals surface area contributed by atoms with E-state index in [2.05, 4.69) is 22.3 Å². The minimum absolute atomic E-state index is 0. The maximum atomic E-state index is 5.59. The summed E-state index contributed by atoms with van der Waals surface area (Å²) < 4.78 is 16.5. The predicted octanol–water partition coefficient (Wildman–Crippen LogP) is 1.72. The summed E-state index contributed by atoms with van der Waals surface area (Å²) in [6.07, 6.45) is 0. The fraction of sp³-hybridized carbons (Fsp3) is 0.600. The van der Waals surface area contributed by atoms with Crippen LogP contribution in [0.4, 0.5) is 0 Å². The number of hydrogen-bond donors (Lipinski definition) is 1. The Hall–Kier alpha value is -0.720. The average Bonchev–Trinajstić information content (AvgIpc) is 2.52. The van der Waals surface area contributed by atoms with E-state index in [4.69, 9.17) is 14.2 Å². The van der Waals surface area contributed by atoms with Gasteiger partial charge in [0.1, 0.15) is 13.2 Å². The molecule has 3 rings (SSSR count). The van der Waals surface area contributed by atoms with Gasteiger partial charge >= 0.3 is 0 Å². The molecule has 0 aliphatic carbocycles. The second kappa shape index (κ2) is 10.1. The Morgan fingerprint density at radius 3 is 2.45 bits per heavy atom. The van der Waals surface area contributed by atoms with Gasteiger partial charge in [-0.05, 0) is 17.7 Å². The van der Waals surface area contributed by atoms with Crippen molar-refractivity contribution in [2.75, 3.05) is 52.6 Å². The van der Waals surface area contributed by atoms with E-state index in [0.717, 1.165) is 57.4 Å². The zero-order valence-electron chi connectivity index (χ0n) is 12.6. The molecule has 0 spiro atoms. The molecule has 0 bridgehead atoms. The van der Waals surface area contributed by atoms with Crippen LogP contribution in [0, 0.1) is 0 Å². The number of rotatable bonds is 5. The van der Waals surface area contributed by atoms with Gasteiger partial charge in [0.15, 0.2) is 11.5 Å². The molecule has 0 radical (unpaired) electrons. The Morgan fingerprint density at radius 1 is 0.955 bits per heavy atom. The van der Waals surface area contributed by atoms with Crippen molar-refractivity contribution in [1.82, 2.24) is 10.2 Å². The van der Waals surface area contributed by atoms with Crippen LogP contribution in [0.15, 0.2) is 18.2 Å². The summed E-state index contributed by atoms with van der Waals surface area (Å²) in [6, 6.07) is 6.15. The van der Waals surface area contributed by atoms with Gasteiger partial charge in [-0.25, -0.2) is 0 Å². The van der Waals surface area contributed by atoms with Crippen molar-refractivity contribution in [3.8, 4) is 11.5 Å². The lowest BCUT2D eigenvalue weighted by atomic mass is 10.2. The van der Waals surface area contributed by atoms with Crippen molar-refractivity contribution >= 4 is 24.8 Å². The largest absolute Gasteiger partial charge is 0.486 e. The second-order valence-corrected chi connectivity index (χ2v) is 5.11. The van der Waals surface area contributed by atoms with Gasteiger partial charge in [0.05, 0.1) is 13.2 Å². The van der Waals surface area contributed by atoms with E-state index in [0.29, 0.717) is 13.2 Å². The first-order chi connectivity index (χ1) is 9.92. The molecule has 0 unspecified atom stereocenters. The summed E-state index contributed by atoms with van der Waals surface area (Å²) in [5.41, 5.74) is 1.23. The lowest BCUT2D eigenvalue weighted by molar-refractivity contribution is 0.0384. The standard InChI is InChI=1S/C15H22N2O3.2ClH/c1-2-14-15(20-10-9-19-14)11-13(1)12-16-3-4-17-5-7-18-8-6-17;;/h1-2,11,16H,3-10,12H2;2*1H. The molecule has 2 aliphatic rings. The van der Waals surface area contributed by atoms with Crippen LogP contribution in [0.5, 0.6) is 11.5 Å².